The van der Waals surface area contributed by atoms with E-state index in [1.165, 1.54) is 0 Å². The number of imidazole rings is 1. The van der Waals surface area contributed by atoms with Crippen molar-refractivity contribution in [2.75, 3.05) is 18.5 Å². The molecule has 0 unspecified atom stereocenters. The number of nitrogens with zero attached hydrogens (tertiary/aromatic N) is 3. The molecule has 19 heavy (non-hydrogen) atoms. The molecule has 0 atom stereocenters. The van der Waals surface area contributed by atoms with Gasteiger partial charge in [-0.15, -0.1) is 5.10 Å². The van der Waals surface area contributed by atoms with Crippen molar-refractivity contribution in [3.63, 3.8) is 0 Å². The summed E-state index contributed by atoms with van der Waals surface area (Å²) in [7, 11) is 0. The van der Waals surface area contributed by atoms with Gasteiger partial charge in [0, 0.05) is 24.7 Å². The highest BCUT2D eigenvalue weighted by molar-refractivity contribution is 7.20. The second kappa shape index (κ2) is 4.76. The molecule has 0 radical (unpaired) electrons. The Balaban J connectivity index is 1.77. The highest BCUT2D eigenvalue weighted by Gasteiger charge is 2.20. The molecule has 1 saturated heterocycles. The van der Waals surface area contributed by atoms with Gasteiger partial charge in [-0.25, -0.2) is 9.50 Å². The number of nitrogens with one attached hydrogen (secondary N) is 1. The quantitative estimate of drug-likeness (QED) is 0.919. The SMILES string of the molecule is CC(C)(C)c1cn2nc(NC3CCOCC3)sc2n1. The molecule has 3 rings (SSSR count). The van der Waals surface area contributed by atoms with Gasteiger partial charge in [0.2, 0.25) is 10.1 Å². The third-order valence-corrected chi connectivity index (χ3v) is 4.21. The minimum atomic E-state index is 0.0712. The third-order valence-electron chi connectivity index (χ3n) is 3.36. The van der Waals surface area contributed by atoms with Gasteiger partial charge in [0.05, 0.1) is 11.9 Å². The number of anilines is 1. The van der Waals surface area contributed by atoms with Crippen LogP contribution in [0, 0.1) is 0 Å². The van der Waals surface area contributed by atoms with Gasteiger partial charge in [-0.1, -0.05) is 32.1 Å². The number of hydrogen-bond acceptors (Lipinski definition) is 5. The summed E-state index contributed by atoms with van der Waals surface area (Å²) < 4.78 is 7.24. The van der Waals surface area contributed by atoms with Crippen LogP contribution in [0.1, 0.15) is 39.3 Å². The van der Waals surface area contributed by atoms with Gasteiger partial charge in [0.25, 0.3) is 0 Å². The fourth-order valence-corrected chi connectivity index (χ4v) is 2.99. The van der Waals surface area contributed by atoms with Crippen molar-refractivity contribution in [3.8, 4) is 0 Å². The van der Waals surface area contributed by atoms with Crippen molar-refractivity contribution in [1.29, 1.82) is 0 Å². The lowest BCUT2D eigenvalue weighted by Gasteiger charge is -2.22. The maximum absolute atomic E-state index is 5.36. The average molecular weight is 280 g/mol. The monoisotopic (exact) mass is 280 g/mol. The Kier molecular flexibility index (Phi) is 3.22. The van der Waals surface area contributed by atoms with E-state index in [1.807, 2.05) is 10.7 Å². The van der Waals surface area contributed by atoms with E-state index in [0.29, 0.717) is 6.04 Å². The summed E-state index contributed by atoms with van der Waals surface area (Å²) in [4.78, 5) is 5.61. The second-order valence-corrected chi connectivity index (χ2v) is 7.00. The van der Waals surface area contributed by atoms with Crippen molar-refractivity contribution in [1.82, 2.24) is 14.6 Å². The predicted octanol–water partition coefficient (Wildman–Crippen LogP) is 2.68. The van der Waals surface area contributed by atoms with Crippen molar-refractivity contribution in [3.05, 3.63) is 11.9 Å². The number of hydrogen-bond donors (Lipinski definition) is 1. The standard InChI is InChI=1S/C13H20N4OS/c1-13(2,3)10-8-17-12(15-10)19-11(16-17)14-9-4-6-18-7-5-9/h8-9H,4-7H2,1-3H3,(H,14,16). The highest BCUT2D eigenvalue weighted by Crippen LogP contribution is 2.26. The Labute approximate surface area is 117 Å². The molecule has 1 aliphatic heterocycles. The third kappa shape index (κ3) is 2.74. The Morgan fingerprint density at radius 2 is 2.11 bits per heavy atom. The molecular weight excluding hydrogens is 260 g/mol. The van der Waals surface area contributed by atoms with E-state index < -0.39 is 0 Å². The van der Waals surface area contributed by atoms with Crippen LogP contribution in [0.15, 0.2) is 6.20 Å². The van der Waals surface area contributed by atoms with E-state index >= 15 is 0 Å². The molecular formula is C13H20N4OS. The number of aromatic nitrogens is 3. The first-order valence-electron chi connectivity index (χ1n) is 6.73. The minimum Gasteiger partial charge on any atom is -0.381 e. The molecule has 5 nitrogen and oxygen atoms in total. The van der Waals surface area contributed by atoms with Gasteiger partial charge in [-0.05, 0) is 12.8 Å². The zero-order valence-electron chi connectivity index (χ0n) is 11.6. The normalized spacial score (nSPS) is 18.1. The van der Waals surface area contributed by atoms with Gasteiger partial charge in [0.1, 0.15) is 0 Å². The molecule has 1 aliphatic rings. The first-order valence-corrected chi connectivity index (χ1v) is 7.55. The Bertz CT molecular complexity index is 531. The molecule has 1 fully saturated rings. The predicted molar refractivity (Wildman–Crippen MR) is 77.0 cm³/mol. The number of ether oxygens (including phenoxy) is 1. The molecule has 2 aromatic rings. The van der Waals surface area contributed by atoms with Crippen LogP contribution in [0.25, 0.3) is 4.96 Å². The molecule has 104 valence electrons. The van der Waals surface area contributed by atoms with E-state index in [-0.39, 0.29) is 5.41 Å². The zero-order chi connectivity index (χ0) is 13.5. The number of rotatable bonds is 2. The summed E-state index contributed by atoms with van der Waals surface area (Å²) in [5.74, 6) is 0. The van der Waals surface area contributed by atoms with E-state index in [1.54, 1.807) is 11.3 Å². The van der Waals surface area contributed by atoms with E-state index in [9.17, 15) is 0 Å². The van der Waals surface area contributed by atoms with Gasteiger partial charge >= 0.3 is 0 Å². The van der Waals surface area contributed by atoms with Crippen molar-refractivity contribution in [2.24, 2.45) is 0 Å². The molecule has 0 bridgehead atoms. The van der Waals surface area contributed by atoms with E-state index in [4.69, 9.17) is 4.74 Å². The van der Waals surface area contributed by atoms with Crippen molar-refractivity contribution >= 4 is 21.4 Å². The smallest absolute Gasteiger partial charge is 0.214 e. The maximum Gasteiger partial charge on any atom is 0.214 e. The van der Waals surface area contributed by atoms with Crippen LogP contribution in [0.4, 0.5) is 5.13 Å². The summed E-state index contributed by atoms with van der Waals surface area (Å²) >= 11 is 1.62. The van der Waals surface area contributed by atoms with Gasteiger partial charge in [0.15, 0.2) is 0 Å². The van der Waals surface area contributed by atoms with Gasteiger partial charge in [-0.2, -0.15) is 0 Å². The summed E-state index contributed by atoms with van der Waals surface area (Å²) in [5.41, 5.74) is 1.16. The van der Waals surface area contributed by atoms with Crippen LogP contribution in [0.5, 0.6) is 0 Å². The second-order valence-electron chi connectivity index (χ2n) is 6.04. The van der Waals surface area contributed by atoms with E-state index in [2.05, 4.69) is 36.2 Å². The van der Waals surface area contributed by atoms with Crippen molar-refractivity contribution < 1.29 is 4.74 Å². The lowest BCUT2D eigenvalue weighted by molar-refractivity contribution is 0.0904. The lowest BCUT2D eigenvalue weighted by Crippen LogP contribution is -2.27. The Morgan fingerprint density at radius 3 is 2.74 bits per heavy atom. The summed E-state index contributed by atoms with van der Waals surface area (Å²) in [6.07, 6.45) is 4.13. The Morgan fingerprint density at radius 1 is 1.37 bits per heavy atom. The molecule has 1 N–H and O–H groups in total. The lowest BCUT2D eigenvalue weighted by atomic mass is 9.93. The topological polar surface area (TPSA) is 51.5 Å². The minimum absolute atomic E-state index is 0.0712. The molecule has 2 aromatic heterocycles. The van der Waals surface area contributed by atoms with Crippen LogP contribution in [0.2, 0.25) is 0 Å². The fraction of sp³-hybridized carbons (Fsp3) is 0.692. The fourth-order valence-electron chi connectivity index (χ4n) is 2.14. The summed E-state index contributed by atoms with van der Waals surface area (Å²) in [6.45, 7) is 8.19. The highest BCUT2D eigenvalue weighted by atomic mass is 32.1. The van der Waals surface area contributed by atoms with Crippen LogP contribution >= 0.6 is 11.3 Å². The molecule has 3 heterocycles. The molecule has 0 aliphatic carbocycles. The summed E-state index contributed by atoms with van der Waals surface area (Å²) in [6, 6.07) is 0.478. The Hall–Kier alpha value is -1.14. The summed E-state index contributed by atoms with van der Waals surface area (Å²) in [5, 5.41) is 9.00. The molecule has 0 spiro atoms. The zero-order valence-corrected chi connectivity index (χ0v) is 12.5. The van der Waals surface area contributed by atoms with E-state index in [0.717, 1.165) is 41.8 Å². The van der Waals surface area contributed by atoms with Crippen LogP contribution in [0.3, 0.4) is 0 Å². The molecule has 0 saturated carbocycles. The van der Waals surface area contributed by atoms with Crippen molar-refractivity contribution in [2.45, 2.75) is 45.1 Å². The first kappa shape index (κ1) is 12.9. The molecule has 6 heteroatoms. The molecule has 0 amide bonds. The van der Waals surface area contributed by atoms with Crippen LogP contribution < -0.4 is 5.32 Å². The molecule has 0 aromatic carbocycles. The van der Waals surface area contributed by atoms with Gasteiger partial charge in [-0.3, -0.25) is 0 Å². The van der Waals surface area contributed by atoms with Crippen LogP contribution in [-0.4, -0.2) is 33.9 Å². The largest absolute Gasteiger partial charge is 0.381 e. The maximum atomic E-state index is 5.36. The average Bonchev–Trinajstić information content (AvgIpc) is 2.87. The van der Waals surface area contributed by atoms with Gasteiger partial charge < -0.3 is 10.1 Å². The number of fused-ring (bicyclic) bond motifs is 1. The first-order chi connectivity index (χ1) is 9.02. The van der Waals surface area contributed by atoms with Crippen LogP contribution in [-0.2, 0) is 10.2 Å².